The van der Waals surface area contributed by atoms with Crippen molar-refractivity contribution >= 4 is 5.91 Å². The van der Waals surface area contributed by atoms with E-state index in [0.29, 0.717) is 5.92 Å². The van der Waals surface area contributed by atoms with E-state index in [0.717, 1.165) is 18.4 Å². The van der Waals surface area contributed by atoms with Gasteiger partial charge in [-0.3, -0.25) is 4.79 Å². The third-order valence-electron chi connectivity index (χ3n) is 3.59. The van der Waals surface area contributed by atoms with Crippen LogP contribution in [0.4, 0.5) is 0 Å². The van der Waals surface area contributed by atoms with Crippen molar-refractivity contribution in [2.75, 3.05) is 0 Å². The van der Waals surface area contributed by atoms with Crippen LogP contribution in [0.3, 0.4) is 0 Å². The Bertz CT molecular complexity index is 344. The Kier molecular flexibility index (Phi) is 5.16. The molecule has 0 heterocycles. The summed E-state index contributed by atoms with van der Waals surface area (Å²) in [6, 6.07) is 9.97. The summed E-state index contributed by atoms with van der Waals surface area (Å²) in [4.78, 5) is 11.6. The number of benzene rings is 1. The number of rotatable bonds is 3. The molecule has 0 bridgehead atoms. The summed E-state index contributed by atoms with van der Waals surface area (Å²) < 4.78 is 0. The highest BCUT2D eigenvalue weighted by Crippen LogP contribution is 2.35. The number of primary amides is 1. The van der Waals surface area contributed by atoms with Gasteiger partial charge in [-0.25, -0.2) is 0 Å². The second-order valence-corrected chi connectivity index (χ2v) is 4.69. The van der Waals surface area contributed by atoms with Crippen molar-refractivity contribution in [3.8, 4) is 0 Å². The fourth-order valence-electron chi connectivity index (χ4n) is 2.80. The molecular weight excluding hydrogens is 214 g/mol. The molecule has 1 saturated carbocycles. The van der Waals surface area contributed by atoms with E-state index in [1.54, 1.807) is 0 Å². The topological polar surface area (TPSA) is 74.6 Å². The first-order valence-electron chi connectivity index (χ1n) is 6.13. The molecule has 1 aromatic carbocycles. The average Bonchev–Trinajstić information content (AvgIpc) is 2.31. The molecule has 0 saturated heterocycles. The van der Waals surface area contributed by atoms with Crippen LogP contribution in [0.2, 0.25) is 0 Å². The number of hydrogen-bond donors (Lipinski definition) is 1. The lowest BCUT2D eigenvalue weighted by molar-refractivity contribution is -0.120. The number of carbonyl (C=O) groups excluding carboxylic acids is 1. The number of amides is 1. The first-order chi connectivity index (χ1) is 7.79. The van der Waals surface area contributed by atoms with Gasteiger partial charge >= 0.3 is 0 Å². The monoisotopic (exact) mass is 235 g/mol. The Balaban J connectivity index is 0.00000144. The van der Waals surface area contributed by atoms with Crippen LogP contribution in [0.5, 0.6) is 0 Å². The summed E-state index contributed by atoms with van der Waals surface area (Å²) in [5, 5.41) is 0. The molecule has 0 spiro atoms. The molecule has 1 aliphatic rings. The maximum atomic E-state index is 11.6. The van der Waals surface area contributed by atoms with Crippen molar-refractivity contribution in [1.82, 2.24) is 0 Å². The normalized spacial score (nSPS) is 18.1. The highest BCUT2D eigenvalue weighted by Gasteiger charge is 2.28. The zero-order valence-electron chi connectivity index (χ0n) is 10.1. The maximum absolute atomic E-state index is 11.6. The number of nitrogens with two attached hydrogens (primary N) is 1. The number of carbonyl (C=O) groups is 1. The van der Waals surface area contributed by atoms with E-state index < -0.39 is 0 Å². The smallest absolute Gasteiger partial charge is 0.225 e. The maximum Gasteiger partial charge on any atom is 0.225 e. The molecule has 1 aromatic rings. The highest BCUT2D eigenvalue weighted by atomic mass is 16.1. The van der Waals surface area contributed by atoms with Crippen molar-refractivity contribution in [3.05, 3.63) is 35.9 Å². The fourth-order valence-corrected chi connectivity index (χ4v) is 2.80. The minimum atomic E-state index is -0.168. The van der Waals surface area contributed by atoms with Crippen LogP contribution in [0.15, 0.2) is 30.3 Å². The molecule has 94 valence electrons. The molecule has 1 atom stereocenters. The van der Waals surface area contributed by atoms with Gasteiger partial charge in [-0.1, -0.05) is 49.6 Å². The lowest BCUT2D eigenvalue weighted by Gasteiger charge is -2.28. The number of hydrogen-bond acceptors (Lipinski definition) is 1. The van der Waals surface area contributed by atoms with Crippen LogP contribution in [-0.2, 0) is 4.79 Å². The van der Waals surface area contributed by atoms with Gasteiger partial charge in [0.15, 0.2) is 0 Å². The van der Waals surface area contributed by atoms with E-state index in [2.05, 4.69) is 0 Å². The van der Waals surface area contributed by atoms with Gasteiger partial charge in [0, 0.05) is 0 Å². The van der Waals surface area contributed by atoms with E-state index in [4.69, 9.17) is 5.73 Å². The zero-order valence-corrected chi connectivity index (χ0v) is 10.1. The Morgan fingerprint density at radius 3 is 2.24 bits per heavy atom. The molecular formula is C14H21NO2. The molecule has 0 radical (unpaired) electrons. The summed E-state index contributed by atoms with van der Waals surface area (Å²) in [5.74, 6) is 0.202. The predicted molar refractivity (Wildman–Crippen MR) is 68.6 cm³/mol. The van der Waals surface area contributed by atoms with Gasteiger partial charge < -0.3 is 11.2 Å². The Morgan fingerprint density at radius 2 is 1.71 bits per heavy atom. The van der Waals surface area contributed by atoms with Crippen molar-refractivity contribution in [2.24, 2.45) is 11.7 Å². The lowest BCUT2D eigenvalue weighted by Crippen LogP contribution is -2.29. The van der Waals surface area contributed by atoms with Crippen molar-refractivity contribution in [2.45, 2.75) is 38.0 Å². The molecule has 4 N–H and O–H groups in total. The average molecular weight is 235 g/mol. The molecule has 1 fully saturated rings. The van der Waals surface area contributed by atoms with Gasteiger partial charge in [0.2, 0.25) is 5.91 Å². The van der Waals surface area contributed by atoms with Crippen molar-refractivity contribution in [1.29, 1.82) is 0 Å². The van der Waals surface area contributed by atoms with Gasteiger partial charge in [0.05, 0.1) is 5.92 Å². The summed E-state index contributed by atoms with van der Waals surface area (Å²) in [6.07, 6.45) is 6.06. The third kappa shape index (κ3) is 3.30. The molecule has 1 amide bonds. The highest BCUT2D eigenvalue weighted by molar-refractivity contribution is 5.82. The van der Waals surface area contributed by atoms with Crippen LogP contribution >= 0.6 is 0 Å². The molecule has 1 aliphatic carbocycles. The van der Waals surface area contributed by atoms with Gasteiger partial charge in [-0.2, -0.15) is 0 Å². The van der Waals surface area contributed by atoms with Crippen LogP contribution < -0.4 is 5.73 Å². The first-order valence-corrected chi connectivity index (χ1v) is 6.13. The Labute approximate surface area is 102 Å². The summed E-state index contributed by atoms with van der Waals surface area (Å²) in [5.41, 5.74) is 6.65. The van der Waals surface area contributed by atoms with E-state index in [9.17, 15) is 4.79 Å². The minimum absolute atomic E-state index is 0. The fraction of sp³-hybridized carbons (Fsp3) is 0.500. The molecule has 0 aromatic heterocycles. The molecule has 2 rings (SSSR count). The lowest BCUT2D eigenvalue weighted by atomic mass is 9.76. The van der Waals surface area contributed by atoms with Crippen LogP contribution in [0.1, 0.15) is 43.6 Å². The van der Waals surface area contributed by atoms with Crippen LogP contribution in [0.25, 0.3) is 0 Å². The van der Waals surface area contributed by atoms with Crippen LogP contribution in [-0.4, -0.2) is 11.4 Å². The Hall–Kier alpha value is -1.35. The van der Waals surface area contributed by atoms with Gasteiger partial charge in [-0.05, 0) is 24.3 Å². The van der Waals surface area contributed by atoms with Crippen molar-refractivity contribution < 1.29 is 10.3 Å². The second-order valence-electron chi connectivity index (χ2n) is 4.69. The SMILES string of the molecule is NC(=O)C(c1ccccc1)C1CCCCC1.O. The predicted octanol–water partition coefficient (Wildman–Crippen LogP) is 2.01. The van der Waals surface area contributed by atoms with E-state index in [1.165, 1.54) is 19.3 Å². The van der Waals surface area contributed by atoms with Crippen LogP contribution in [0, 0.1) is 5.92 Å². The Morgan fingerprint density at radius 1 is 1.12 bits per heavy atom. The van der Waals surface area contributed by atoms with E-state index in [1.807, 2.05) is 30.3 Å². The quantitative estimate of drug-likeness (QED) is 0.855. The molecule has 3 nitrogen and oxygen atoms in total. The largest absolute Gasteiger partial charge is 0.412 e. The first kappa shape index (κ1) is 13.7. The molecule has 0 aliphatic heterocycles. The summed E-state index contributed by atoms with van der Waals surface area (Å²) >= 11 is 0. The zero-order chi connectivity index (χ0) is 11.4. The minimum Gasteiger partial charge on any atom is -0.412 e. The molecule has 17 heavy (non-hydrogen) atoms. The van der Waals surface area contributed by atoms with E-state index in [-0.39, 0.29) is 17.3 Å². The van der Waals surface area contributed by atoms with Gasteiger partial charge in [-0.15, -0.1) is 0 Å². The van der Waals surface area contributed by atoms with Gasteiger partial charge in [0.1, 0.15) is 0 Å². The summed E-state index contributed by atoms with van der Waals surface area (Å²) in [7, 11) is 0. The molecule has 1 unspecified atom stereocenters. The standard InChI is InChI=1S/C14H19NO.H2O/c15-14(16)13(11-7-3-1-4-8-11)12-9-5-2-6-10-12;/h1,3-4,7-8,12-13H,2,5-6,9-10H2,(H2,15,16);1H2. The summed E-state index contributed by atoms with van der Waals surface area (Å²) in [6.45, 7) is 0. The third-order valence-corrected chi connectivity index (χ3v) is 3.59. The van der Waals surface area contributed by atoms with E-state index >= 15 is 0 Å². The second kappa shape index (κ2) is 6.40. The van der Waals surface area contributed by atoms with Crippen molar-refractivity contribution in [3.63, 3.8) is 0 Å². The van der Waals surface area contributed by atoms with Gasteiger partial charge in [0.25, 0.3) is 0 Å². The molecule has 3 heteroatoms.